The molecule has 3 rings (SSSR count). The highest BCUT2D eigenvalue weighted by molar-refractivity contribution is 5.92. The Morgan fingerprint density at radius 2 is 1.92 bits per heavy atom. The normalized spacial score (nSPS) is 13.8. The molecule has 0 saturated heterocycles. The average Bonchev–Trinajstić information content (AvgIpc) is 2.66. The van der Waals surface area contributed by atoms with Gasteiger partial charge in [-0.05, 0) is 44.2 Å². The van der Waals surface area contributed by atoms with Gasteiger partial charge in [-0.25, -0.2) is 18.7 Å². The van der Waals surface area contributed by atoms with Gasteiger partial charge in [-0.1, -0.05) is 17.7 Å². The van der Waals surface area contributed by atoms with E-state index in [-0.39, 0.29) is 23.1 Å². The molecular weight excluding hydrogens is 338 g/mol. The maximum Gasteiger partial charge on any atom is 0.271 e. The molecule has 7 heteroatoms. The predicted octanol–water partition coefficient (Wildman–Crippen LogP) is 4.12. The zero-order valence-electron chi connectivity index (χ0n) is 14.3. The molecule has 1 aromatic heterocycles. The van der Waals surface area contributed by atoms with Gasteiger partial charge in [-0.2, -0.15) is 0 Å². The van der Waals surface area contributed by atoms with E-state index in [1.165, 1.54) is 36.9 Å². The number of amides is 1. The molecule has 0 spiro atoms. The van der Waals surface area contributed by atoms with Gasteiger partial charge < -0.3 is 10.6 Å². The van der Waals surface area contributed by atoms with Crippen LogP contribution in [-0.4, -0.2) is 22.4 Å². The van der Waals surface area contributed by atoms with Gasteiger partial charge in [0.25, 0.3) is 5.91 Å². The fourth-order valence-electron chi connectivity index (χ4n) is 2.81. The van der Waals surface area contributed by atoms with Crippen LogP contribution >= 0.6 is 0 Å². The van der Waals surface area contributed by atoms with Crippen LogP contribution in [0.4, 0.5) is 20.3 Å². The van der Waals surface area contributed by atoms with Gasteiger partial charge in [-0.15, -0.1) is 0 Å². The van der Waals surface area contributed by atoms with Gasteiger partial charge in [0.2, 0.25) is 0 Å². The van der Waals surface area contributed by atoms with Gasteiger partial charge in [0.1, 0.15) is 28.8 Å². The molecule has 0 aliphatic heterocycles. The Balaban J connectivity index is 1.55. The van der Waals surface area contributed by atoms with E-state index >= 15 is 0 Å². The number of carbonyl (C=O) groups is 1. The quantitative estimate of drug-likeness (QED) is 0.763. The minimum Gasteiger partial charge on any atom is -0.350 e. The molecule has 1 aromatic carbocycles. The predicted molar refractivity (Wildman–Crippen MR) is 95.2 cm³/mol. The third-order valence-electron chi connectivity index (χ3n) is 4.22. The summed E-state index contributed by atoms with van der Waals surface area (Å²) in [7, 11) is 0. The second-order valence-electron chi connectivity index (χ2n) is 6.12. The van der Waals surface area contributed by atoms with E-state index in [0.717, 1.165) is 31.4 Å². The standard InChI is InChI=1S/C19H20F2N4O/c20-14-7-4-8-15(21)18(14)25-17-12-23-16(11-24-17)19(26)22-10-9-13-5-2-1-3-6-13/h4-5,7-8,11-12H,1-3,6,9-10H2,(H,22,26)(H,24,25). The first kappa shape index (κ1) is 18.0. The van der Waals surface area contributed by atoms with Crippen LogP contribution < -0.4 is 10.6 Å². The van der Waals surface area contributed by atoms with E-state index in [9.17, 15) is 13.6 Å². The number of para-hydroxylation sites is 1. The summed E-state index contributed by atoms with van der Waals surface area (Å²) in [6.45, 7) is 0.548. The molecule has 136 valence electrons. The molecule has 1 aliphatic rings. The number of nitrogens with zero attached hydrogens (tertiary/aromatic N) is 2. The monoisotopic (exact) mass is 358 g/mol. The van der Waals surface area contributed by atoms with Gasteiger partial charge in [0, 0.05) is 6.54 Å². The Morgan fingerprint density at radius 1 is 1.12 bits per heavy atom. The lowest BCUT2D eigenvalue weighted by Crippen LogP contribution is -2.26. The van der Waals surface area contributed by atoms with E-state index in [1.807, 2.05) is 0 Å². The van der Waals surface area contributed by atoms with E-state index in [0.29, 0.717) is 6.54 Å². The molecule has 0 radical (unpaired) electrons. The second-order valence-corrected chi connectivity index (χ2v) is 6.12. The fourth-order valence-corrected chi connectivity index (χ4v) is 2.81. The van der Waals surface area contributed by atoms with Crippen molar-refractivity contribution in [3.8, 4) is 0 Å². The van der Waals surface area contributed by atoms with E-state index in [4.69, 9.17) is 0 Å². The molecule has 0 unspecified atom stereocenters. The summed E-state index contributed by atoms with van der Waals surface area (Å²) < 4.78 is 27.2. The SMILES string of the molecule is O=C(NCCC1=CCCCC1)c1cnc(Nc2c(F)cccc2F)cn1. The van der Waals surface area contributed by atoms with Crippen molar-refractivity contribution in [2.45, 2.75) is 32.1 Å². The molecule has 0 bridgehead atoms. The molecule has 0 atom stereocenters. The highest BCUT2D eigenvalue weighted by Gasteiger charge is 2.12. The number of nitrogens with one attached hydrogen (secondary N) is 2. The summed E-state index contributed by atoms with van der Waals surface area (Å²) in [4.78, 5) is 20.1. The summed E-state index contributed by atoms with van der Waals surface area (Å²) in [6, 6.07) is 3.56. The van der Waals surface area contributed by atoms with Crippen molar-refractivity contribution in [3.63, 3.8) is 0 Å². The minimum absolute atomic E-state index is 0.151. The van der Waals surface area contributed by atoms with Crippen molar-refractivity contribution in [2.24, 2.45) is 0 Å². The van der Waals surface area contributed by atoms with Crippen LogP contribution in [0.25, 0.3) is 0 Å². The maximum atomic E-state index is 13.6. The number of hydrogen-bond acceptors (Lipinski definition) is 4. The van der Waals surface area contributed by atoms with Crippen molar-refractivity contribution in [1.82, 2.24) is 15.3 Å². The zero-order chi connectivity index (χ0) is 18.4. The van der Waals surface area contributed by atoms with Crippen LogP contribution in [0.2, 0.25) is 0 Å². The summed E-state index contributed by atoms with van der Waals surface area (Å²) in [6.07, 6.45) is 10.3. The number of aromatic nitrogens is 2. The molecule has 0 saturated carbocycles. The Hall–Kier alpha value is -2.83. The highest BCUT2D eigenvalue weighted by atomic mass is 19.1. The van der Waals surface area contributed by atoms with Crippen LogP contribution in [0.5, 0.6) is 0 Å². The van der Waals surface area contributed by atoms with Gasteiger partial charge in [-0.3, -0.25) is 4.79 Å². The lowest BCUT2D eigenvalue weighted by atomic mass is 9.97. The molecule has 2 aromatic rings. The third kappa shape index (κ3) is 4.62. The number of hydrogen-bond donors (Lipinski definition) is 2. The summed E-state index contributed by atoms with van der Waals surface area (Å²) in [5.41, 5.74) is 1.23. The third-order valence-corrected chi connectivity index (χ3v) is 4.22. The molecule has 5 nitrogen and oxygen atoms in total. The van der Waals surface area contributed by atoms with Crippen molar-refractivity contribution in [3.05, 3.63) is 59.6 Å². The fraction of sp³-hybridized carbons (Fsp3) is 0.316. The van der Waals surface area contributed by atoms with Gasteiger partial charge in [0.05, 0.1) is 12.4 Å². The van der Waals surface area contributed by atoms with Crippen LogP contribution in [-0.2, 0) is 0 Å². The Labute approximate surface area is 150 Å². The number of carbonyl (C=O) groups excluding carboxylic acids is 1. The minimum atomic E-state index is -0.731. The van der Waals surface area contributed by atoms with Crippen molar-refractivity contribution in [2.75, 3.05) is 11.9 Å². The van der Waals surface area contributed by atoms with E-state index in [2.05, 4.69) is 26.7 Å². The Bertz CT molecular complexity index is 785. The number of halogens is 2. The molecule has 1 amide bonds. The summed E-state index contributed by atoms with van der Waals surface area (Å²) in [5, 5.41) is 5.34. The molecular formula is C19H20F2N4O. The van der Waals surface area contributed by atoms with Crippen LogP contribution in [0.15, 0.2) is 42.2 Å². The van der Waals surface area contributed by atoms with Crippen LogP contribution in [0.3, 0.4) is 0 Å². The highest BCUT2D eigenvalue weighted by Crippen LogP contribution is 2.21. The first-order valence-electron chi connectivity index (χ1n) is 8.62. The zero-order valence-corrected chi connectivity index (χ0v) is 14.3. The molecule has 1 heterocycles. The van der Waals surface area contributed by atoms with E-state index < -0.39 is 11.6 Å². The molecule has 2 N–H and O–H groups in total. The van der Waals surface area contributed by atoms with Crippen molar-refractivity contribution < 1.29 is 13.6 Å². The summed E-state index contributed by atoms with van der Waals surface area (Å²) in [5.74, 6) is -1.63. The van der Waals surface area contributed by atoms with Crippen LogP contribution in [0, 0.1) is 11.6 Å². The molecule has 0 fully saturated rings. The Morgan fingerprint density at radius 3 is 2.58 bits per heavy atom. The average molecular weight is 358 g/mol. The lowest BCUT2D eigenvalue weighted by Gasteiger charge is -2.12. The van der Waals surface area contributed by atoms with Gasteiger partial charge >= 0.3 is 0 Å². The number of rotatable bonds is 6. The van der Waals surface area contributed by atoms with Crippen molar-refractivity contribution >= 4 is 17.4 Å². The maximum absolute atomic E-state index is 13.6. The van der Waals surface area contributed by atoms with Crippen LogP contribution in [0.1, 0.15) is 42.6 Å². The van der Waals surface area contributed by atoms with E-state index in [1.54, 1.807) is 0 Å². The number of allylic oxidation sites excluding steroid dienone is 1. The summed E-state index contributed by atoms with van der Waals surface area (Å²) >= 11 is 0. The van der Waals surface area contributed by atoms with Crippen molar-refractivity contribution in [1.29, 1.82) is 0 Å². The largest absolute Gasteiger partial charge is 0.350 e. The topological polar surface area (TPSA) is 66.9 Å². The first-order valence-corrected chi connectivity index (χ1v) is 8.62. The lowest BCUT2D eigenvalue weighted by molar-refractivity contribution is 0.0948. The van der Waals surface area contributed by atoms with Gasteiger partial charge in [0.15, 0.2) is 0 Å². The number of benzene rings is 1. The number of anilines is 2. The molecule has 26 heavy (non-hydrogen) atoms. The molecule has 1 aliphatic carbocycles. The Kier molecular flexibility index (Phi) is 5.88. The smallest absolute Gasteiger partial charge is 0.271 e. The second kappa shape index (κ2) is 8.51. The first-order chi connectivity index (χ1) is 12.6.